The van der Waals surface area contributed by atoms with E-state index in [1.165, 1.54) is 12.1 Å². The second kappa shape index (κ2) is 12.9. The molecule has 2 N–H and O–H groups in total. The minimum atomic E-state index is -1.85. The Bertz CT molecular complexity index is 1130. The number of rotatable bonds is 11. The second-order valence-electron chi connectivity index (χ2n) is 11.4. The maximum absolute atomic E-state index is 13.4. The highest BCUT2D eigenvalue weighted by atomic mass is 17.2. The molecule has 1 aromatic rings. The van der Waals surface area contributed by atoms with Gasteiger partial charge in [-0.05, 0) is 32.1 Å². The van der Waals surface area contributed by atoms with Crippen molar-refractivity contribution in [2.24, 2.45) is 5.41 Å². The largest absolute Gasteiger partial charge is 0.463 e. The summed E-state index contributed by atoms with van der Waals surface area (Å²) in [6.45, 7) is 9.50. The third kappa shape index (κ3) is 8.76. The number of benzene rings is 1. The Morgan fingerprint density at radius 2 is 1.65 bits per heavy atom. The van der Waals surface area contributed by atoms with E-state index in [2.05, 4.69) is 10.2 Å². The lowest BCUT2D eigenvalue weighted by molar-refractivity contribution is -0.329. The van der Waals surface area contributed by atoms with Gasteiger partial charge in [0, 0.05) is 5.56 Å². The smallest absolute Gasteiger partial charge is 0.452 e. The zero-order valence-electron chi connectivity index (χ0n) is 23.6. The van der Waals surface area contributed by atoms with Gasteiger partial charge >= 0.3 is 24.1 Å². The number of hydrogen-bond donors (Lipinski definition) is 2. The number of nitrogens with one attached hydrogen (secondary N) is 1. The van der Waals surface area contributed by atoms with E-state index >= 15 is 0 Å². The van der Waals surface area contributed by atoms with Crippen molar-refractivity contribution in [3.63, 3.8) is 0 Å². The molecule has 1 saturated heterocycles. The number of carbonyl (C=O) groups is 6. The third-order valence-electron chi connectivity index (χ3n) is 5.89. The lowest BCUT2D eigenvalue weighted by Crippen LogP contribution is -2.57. The molecule has 40 heavy (non-hydrogen) atoms. The van der Waals surface area contributed by atoms with Gasteiger partial charge in [0.1, 0.15) is 11.1 Å². The molecule has 1 aliphatic heterocycles. The molecule has 0 aliphatic carbocycles. The molecule has 13 heteroatoms. The first kappa shape index (κ1) is 32.2. The average Bonchev–Trinajstić information content (AvgIpc) is 3.08. The Kier molecular flexibility index (Phi) is 10.4. The van der Waals surface area contributed by atoms with Crippen LogP contribution in [-0.2, 0) is 29.0 Å². The van der Waals surface area contributed by atoms with Gasteiger partial charge in [-0.3, -0.25) is 19.4 Å². The molecule has 1 aliphatic rings. The van der Waals surface area contributed by atoms with Crippen molar-refractivity contribution in [1.82, 2.24) is 15.3 Å². The number of unbranched alkanes of at least 4 members (excludes halogenated alkanes) is 1. The summed E-state index contributed by atoms with van der Waals surface area (Å²) in [5, 5.41) is 12.2. The van der Waals surface area contributed by atoms with Gasteiger partial charge in [0.2, 0.25) is 0 Å². The average molecular weight is 564 g/mol. The fourth-order valence-electron chi connectivity index (χ4n) is 4.53. The fourth-order valence-corrected chi connectivity index (χ4v) is 4.53. The Balaban J connectivity index is 2.17. The van der Waals surface area contributed by atoms with E-state index < -0.39 is 60.0 Å². The quantitative estimate of drug-likeness (QED) is 0.134. The number of ketones is 1. The van der Waals surface area contributed by atoms with Crippen LogP contribution in [0.4, 0.5) is 9.59 Å². The predicted octanol–water partition coefficient (Wildman–Crippen LogP) is 3.48. The fraction of sp³-hybridized carbons (Fsp3) is 0.556. The van der Waals surface area contributed by atoms with E-state index in [1.807, 2.05) is 27.7 Å². The summed E-state index contributed by atoms with van der Waals surface area (Å²) in [5.41, 5.74) is -2.73. The van der Waals surface area contributed by atoms with E-state index in [-0.39, 0.29) is 22.5 Å². The van der Waals surface area contributed by atoms with Gasteiger partial charge in [0.15, 0.2) is 5.78 Å². The first-order valence-corrected chi connectivity index (χ1v) is 12.8. The summed E-state index contributed by atoms with van der Waals surface area (Å²) >= 11 is 0. The summed E-state index contributed by atoms with van der Waals surface area (Å²) in [7, 11) is 0. The Morgan fingerprint density at radius 1 is 1.02 bits per heavy atom. The van der Waals surface area contributed by atoms with E-state index in [1.54, 1.807) is 32.0 Å². The zero-order chi connectivity index (χ0) is 30.3. The number of carbonyl (C=O) groups excluding carboxylic acids is 5. The SMILES string of the molecule is CCCC[C@@]1(CN(OC(=O)C(=O)OOC(C)(C)CC(C)(C)C)C(=O)O)NC(=O)N(CC(=O)c2ccccc2)C1=O. The van der Waals surface area contributed by atoms with Crippen LogP contribution in [-0.4, -0.2) is 75.1 Å². The van der Waals surface area contributed by atoms with Gasteiger partial charge in [0.05, 0.1) is 13.1 Å². The summed E-state index contributed by atoms with van der Waals surface area (Å²) in [6.07, 6.45) is -0.428. The van der Waals surface area contributed by atoms with Gasteiger partial charge in [0.25, 0.3) is 5.91 Å². The van der Waals surface area contributed by atoms with Gasteiger partial charge in [-0.1, -0.05) is 70.9 Å². The second-order valence-corrected chi connectivity index (χ2v) is 11.4. The highest BCUT2D eigenvalue weighted by molar-refractivity contribution is 6.29. The number of hydroxylamine groups is 2. The van der Waals surface area contributed by atoms with E-state index in [0.717, 1.165) is 0 Å². The molecule has 0 unspecified atom stereocenters. The molecular weight excluding hydrogens is 526 g/mol. The standard InChI is InChI=1S/C27H37N3O10/c1-7-8-14-27(22(34)29(23(35)28-27)15-19(31)18-12-10-9-11-13-18)17-30(24(36)37)38-20(32)21(33)39-40-26(5,6)16-25(2,3)4/h9-13H,7-8,14-17H2,1-6H3,(H,28,35)(H,36,37)/t27-/m0/s1. The number of carboxylic acid groups (broad SMARTS) is 1. The Labute approximate surface area is 232 Å². The van der Waals surface area contributed by atoms with Crippen molar-refractivity contribution in [3.05, 3.63) is 35.9 Å². The Morgan fingerprint density at radius 3 is 2.20 bits per heavy atom. The normalized spacial score (nSPS) is 17.3. The van der Waals surface area contributed by atoms with E-state index in [0.29, 0.717) is 24.2 Å². The minimum Gasteiger partial charge on any atom is -0.463 e. The maximum atomic E-state index is 13.4. The molecule has 220 valence electrons. The number of amides is 4. The molecule has 0 spiro atoms. The van der Waals surface area contributed by atoms with Crippen LogP contribution in [0.5, 0.6) is 0 Å². The zero-order valence-corrected chi connectivity index (χ0v) is 23.6. The summed E-state index contributed by atoms with van der Waals surface area (Å²) in [6, 6.07) is 7.12. The van der Waals surface area contributed by atoms with Crippen molar-refractivity contribution in [2.75, 3.05) is 13.1 Å². The maximum Gasteiger partial charge on any atom is 0.452 e. The van der Waals surface area contributed by atoms with Crippen molar-refractivity contribution >= 4 is 35.8 Å². The number of nitrogens with zero attached hydrogens (tertiary/aromatic N) is 2. The van der Waals surface area contributed by atoms with Gasteiger partial charge in [-0.2, -0.15) is 4.89 Å². The van der Waals surface area contributed by atoms with Gasteiger partial charge < -0.3 is 15.3 Å². The van der Waals surface area contributed by atoms with E-state index in [4.69, 9.17) is 9.73 Å². The van der Waals surface area contributed by atoms with Crippen LogP contribution < -0.4 is 5.32 Å². The Hall–Kier alpha value is -4.00. The molecule has 4 amide bonds. The van der Waals surface area contributed by atoms with Crippen molar-refractivity contribution < 1.29 is 48.5 Å². The number of urea groups is 1. The number of hydrogen-bond acceptors (Lipinski definition) is 9. The first-order valence-electron chi connectivity index (χ1n) is 12.8. The van der Waals surface area contributed by atoms with Crippen LogP contribution in [0.25, 0.3) is 0 Å². The summed E-state index contributed by atoms with van der Waals surface area (Å²) < 4.78 is 0. The monoisotopic (exact) mass is 563 g/mol. The summed E-state index contributed by atoms with van der Waals surface area (Å²) in [5.74, 6) is -4.71. The highest BCUT2D eigenvalue weighted by Crippen LogP contribution is 2.30. The van der Waals surface area contributed by atoms with Gasteiger partial charge in [-0.15, -0.1) is 5.06 Å². The summed E-state index contributed by atoms with van der Waals surface area (Å²) in [4.78, 5) is 90.5. The first-order chi connectivity index (χ1) is 18.5. The van der Waals surface area contributed by atoms with Crippen LogP contribution in [0.15, 0.2) is 30.3 Å². The van der Waals surface area contributed by atoms with Gasteiger partial charge in [-0.25, -0.2) is 19.2 Å². The molecule has 2 rings (SSSR count). The molecule has 0 saturated carbocycles. The van der Waals surface area contributed by atoms with E-state index in [9.17, 15) is 33.9 Å². The van der Waals surface area contributed by atoms with Crippen molar-refractivity contribution in [3.8, 4) is 0 Å². The number of Topliss-reactive ketones (excluding diaryl/α,β-unsaturated/α-hetero) is 1. The molecule has 0 aromatic heterocycles. The molecule has 0 bridgehead atoms. The van der Waals surface area contributed by atoms with Crippen molar-refractivity contribution in [2.45, 2.75) is 78.4 Å². The van der Waals surface area contributed by atoms with Crippen LogP contribution in [0.3, 0.4) is 0 Å². The molecule has 1 fully saturated rings. The molecule has 1 aromatic carbocycles. The topological polar surface area (TPSA) is 169 Å². The highest BCUT2D eigenvalue weighted by Gasteiger charge is 2.53. The minimum absolute atomic E-state index is 0.0278. The molecule has 13 nitrogen and oxygen atoms in total. The van der Waals surface area contributed by atoms with Crippen LogP contribution in [0.1, 0.15) is 77.6 Å². The molecular formula is C27H37N3O10. The van der Waals surface area contributed by atoms with Crippen LogP contribution >= 0.6 is 0 Å². The third-order valence-corrected chi connectivity index (χ3v) is 5.89. The lowest BCUT2D eigenvalue weighted by Gasteiger charge is -2.31. The lowest BCUT2D eigenvalue weighted by atomic mass is 9.84. The number of imide groups is 1. The molecule has 1 heterocycles. The molecule has 0 radical (unpaired) electrons. The predicted molar refractivity (Wildman–Crippen MR) is 139 cm³/mol. The molecule has 1 atom stereocenters. The van der Waals surface area contributed by atoms with Crippen molar-refractivity contribution in [1.29, 1.82) is 0 Å². The van der Waals surface area contributed by atoms with Crippen LogP contribution in [0, 0.1) is 5.41 Å². The van der Waals surface area contributed by atoms with Crippen LogP contribution in [0.2, 0.25) is 0 Å².